The van der Waals surface area contributed by atoms with Gasteiger partial charge in [-0.1, -0.05) is 53.5 Å². The van der Waals surface area contributed by atoms with Gasteiger partial charge in [0.25, 0.3) is 0 Å². The van der Waals surface area contributed by atoms with Gasteiger partial charge in [0.2, 0.25) is 5.91 Å². The molecule has 7 heteroatoms. The topological polar surface area (TPSA) is 47.9 Å². The predicted octanol–water partition coefficient (Wildman–Crippen LogP) is 3.66. The molecule has 0 spiro atoms. The Kier molecular flexibility index (Phi) is 7.10. The minimum Gasteiger partial charge on any atom is -0.369 e. The minimum atomic E-state index is -0.116. The fourth-order valence-corrected chi connectivity index (χ4v) is 3.33. The Hall–Kier alpha value is -2.08. The van der Waals surface area contributed by atoms with E-state index in [-0.39, 0.29) is 5.91 Å². The van der Waals surface area contributed by atoms with Crippen LogP contribution < -0.4 is 10.3 Å². The Labute approximate surface area is 169 Å². The molecule has 142 valence electrons. The minimum absolute atomic E-state index is 0.116. The van der Waals surface area contributed by atoms with Crippen molar-refractivity contribution >= 4 is 41.0 Å². The number of carbonyl (C=O) groups is 1. The second-order valence-corrected chi connectivity index (χ2v) is 7.14. The smallest absolute Gasteiger partial charge is 0.241 e. The first-order chi connectivity index (χ1) is 13.1. The third-order valence-electron chi connectivity index (χ3n) is 4.52. The van der Waals surface area contributed by atoms with Crippen molar-refractivity contribution in [1.29, 1.82) is 0 Å². The van der Waals surface area contributed by atoms with Gasteiger partial charge in [0.05, 0.1) is 16.3 Å². The molecule has 1 heterocycles. The van der Waals surface area contributed by atoms with E-state index in [1.165, 1.54) is 11.9 Å². The quantitative estimate of drug-likeness (QED) is 0.590. The van der Waals surface area contributed by atoms with Crippen LogP contribution in [0.3, 0.4) is 0 Å². The summed E-state index contributed by atoms with van der Waals surface area (Å²) in [7, 11) is 0. The van der Waals surface area contributed by atoms with E-state index in [4.69, 9.17) is 23.2 Å². The summed E-state index contributed by atoms with van der Waals surface area (Å²) in [5.41, 5.74) is 4.47. The summed E-state index contributed by atoms with van der Waals surface area (Å²) in [6.45, 7) is 4.56. The molecule has 0 unspecified atom stereocenters. The molecule has 0 atom stereocenters. The van der Waals surface area contributed by atoms with Crippen LogP contribution in [0.5, 0.6) is 0 Å². The largest absolute Gasteiger partial charge is 0.369 e. The van der Waals surface area contributed by atoms with Crippen molar-refractivity contribution in [1.82, 2.24) is 10.3 Å². The standard InChI is InChI=1S/C20H22Cl2N4O/c21-18-8-4-5-16(20(18)22)15-23-24-19(27)9-10-25-11-13-26(14-12-25)17-6-2-1-3-7-17/h1-8,15H,9-14H2,(H,24,27)/b23-15+. The zero-order valence-electron chi connectivity index (χ0n) is 14.9. The van der Waals surface area contributed by atoms with E-state index in [0.717, 1.165) is 32.7 Å². The number of nitrogens with one attached hydrogen (secondary N) is 1. The van der Waals surface area contributed by atoms with Crippen molar-refractivity contribution in [3.8, 4) is 0 Å². The van der Waals surface area contributed by atoms with Gasteiger partial charge in [0, 0.05) is 50.4 Å². The zero-order chi connectivity index (χ0) is 19.1. The van der Waals surface area contributed by atoms with Crippen LogP contribution in [0.1, 0.15) is 12.0 Å². The zero-order valence-corrected chi connectivity index (χ0v) is 16.5. The number of halogens is 2. The number of para-hydroxylation sites is 1. The number of nitrogens with zero attached hydrogens (tertiary/aromatic N) is 3. The first kappa shape index (κ1) is 19.7. The van der Waals surface area contributed by atoms with E-state index < -0.39 is 0 Å². The summed E-state index contributed by atoms with van der Waals surface area (Å²) in [6.07, 6.45) is 1.91. The Balaban J connectivity index is 1.39. The SMILES string of the molecule is O=C(CCN1CCN(c2ccccc2)CC1)N/N=C/c1cccc(Cl)c1Cl. The Morgan fingerprint density at radius 3 is 2.52 bits per heavy atom. The number of anilines is 1. The highest BCUT2D eigenvalue weighted by Gasteiger charge is 2.17. The second-order valence-electron chi connectivity index (χ2n) is 6.35. The van der Waals surface area contributed by atoms with Gasteiger partial charge in [0.15, 0.2) is 0 Å². The van der Waals surface area contributed by atoms with Gasteiger partial charge in [-0.3, -0.25) is 9.69 Å². The Morgan fingerprint density at radius 2 is 1.78 bits per heavy atom. The number of hydrogen-bond donors (Lipinski definition) is 1. The number of benzene rings is 2. The second kappa shape index (κ2) is 9.74. The van der Waals surface area contributed by atoms with Crippen molar-refractivity contribution in [2.24, 2.45) is 5.10 Å². The Bertz CT molecular complexity index is 790. The van der Waals surface area contributed by atoms with Gasteiger partial charge >= 0.3 is 0 Å². The van der Waals surface area contributed by atoms with Crippen molar-refractivity contribution in [3.05, 3.63) is 64.1 Å². The lowest BCUT2D eigenvalue weighted by Gasteiger charge is -2.36. The molecule has 0 aliphatic carbocycles. The highest BCUT2D eigenvalue weighted by atomic mass is 35.5. The first-order valence-electron chi connectivity index (χ1n) is 8.92. The molecule has 0 aromatic heterocycles. The lowest BCUT2D eigenvalue weighted by Crippen LogP contribution is -2.47. The van der Waals surface area contributed by atoms with Gasteiger partial charge in [-0.15, -0.1) is 0 Å². The van der Waals surface area contributed by atoms with Crippen LogP contribution in [0, 0.1) is 0 Å². The molecule has 1 fully saturated rings. The molecule has 0 saturated carbocycles. The third kappa shape index (κ3) is 5.70. The highest BCUT2D eigenvalue weighted by molar-refractivity contribution is 6.43. The summed E-state index contributed by atoms with van der Waals surface area (Å²) in [5.74, 6) is -0.116. The molecule has 1 aliphatic heterocycles. The molecule has 2 aromatic rings. The normalized spacial score (nSPS) is 15.3. The van der Waals surface area contributed by atoms with E-state index in [0.29, 0.717) is 22.0 Å². The van der Waals surface area contributed by atoms with E-state index in [9.17, 15) is 4.79 Å². The molecule has 5 nitrogen and oxygen atoms in total. The fourth-order valence-electron chi connectivity index (χ4n) is 2.98. The number of rotatable bonds is 6. The van der Waals surface area contributed by atoms with Gasteiger partial charge < -0.3 is 4.90 Å². The van der Waals surface area contributed by atoms with Gasteiger partial charge in [0.1, 0.15) is 0 Å². The lowest BCUT2D eigenvalue weighted by molar-refractivity contribution is -0.121. The summed E-state index contributed by atoms with van der Waals surface area (Å²) >= 11 is 12.0. The maximum Gasteiger partial charge on any atom is 0.241 e. The Morgan fingerprint density at radius 1 is 1.04 bits per heavy atom. The average Bonchev–Trinajstić information content (AvgIpc) is 2.71. The van der Waals surface area contributed by atoms with Crippen LogP contribution in [0.2, 0.25) is 10.0 Å². The van der Waals surface area contributed by atoms with Crippen molar-refractivity contribution in [3.63, 3.8) is 0 Å². The monoisotopic (exact) mass is 404 g/mol. The first-order valence-corrected chi connectivity index (χ1v) is 9.67. The van der Waals surface area contributed by atoms with Crippen molar-refractivity contribution < 1.29 is 4.79 Å². The molecule has 1 saturated heterocycles. The molecule has 1 aliphatic rings. The summed E-state index contributed by atoms with van der Waals surface area (Å²) in [4.78, 5) is 16.7. The molecule has 1 N–H and O–H groups in total. The number of amides is 1. The molecule has 27 heavy (non-hydrogen) atoms. The maximum atomic E-state index is 12.0. The molecule has 3 rings (SSSR count). The molecular formula is C20H22Cl2N4O. The summed E-state index contributed by atoms with van der Waals surface area (Å²) < 4.78 is 0. The number of hydrogen-bond acceptors (Lipinski definition) is 4. The molecule has 1 amide bonds. The van der Waals surface area contributed by atoms with Crippen LogP contribution in [0.25, 0.3) is 0 Å². The molecule has 2 aromatic carbocycles. The highest BCUT2D eigenvalue weighted by Crippen LogP contribution is 2.24. The number of carbonyl (C=O) groups excluding carboxylic acids is 1. The average molecular weight is 405 g/mol. The van der Waals surface area contributed by atoms with Crippen LogP contribution in [-0.2, 0) is 4.79 Å². The van der Waals surface area contributed by atoms with Crippen molar-refractivity contribution in [2.75, 3.05) is 37.6 Å². The number of piperazine rings is 1. The van der Waals surface area contributed by atoms with E-state index in [2.05, 4.69) is 44.6 Å². The van der Waals surface area contributed by atoms with Crippen LogP contribution in [0.15, 0.2) is 53.6 Å². The lowest BCUT2D eigenvalue weighted by atomic mass is 10.2. The van der Waals surface area contributed by atoms with E-state index >= 15 is 0 Å². The molecule has 0 bridgehead atoms. The predicted molar refractivity (Wildman–Crippen MR) is 112 cm³/mol. The van der Waals surface area contributed by atoms with Gasteiger partial charge in [-0.2, -0.15) is 5.10 Å². The van der Waals surface area contributed by atoms with Gasteiger partial charge in [-0.25, -0.2) is 5.43 Å². The summed E-state index contributed by atoms with van der Waals surface area (Å²) in [5, 5.41) is 4.85. The molecular weight excluding hydrogens is 383 g/mol. The van der Waals surface area contributed by atoms with E-state index in [1.807, 2.05) is 6.07 Å². The van der Waals surface area contributed by atoms with Crippen LogP contribution in [0.4, 0.5) is 5.69 Å². The van der Waals surface area contributed by atoms with Crippen molar-refractivity contribution in [2.45, 2.75) is 6.42 Å². The van der Waals surface area contributed by atoms with Crippen LogP contribution in [-0.4, -0.2) is 49.7 Å². The fraction of sp³-hybridized carbons (Fsp3) is 0.300. The summed E-state index contributed by atoms with van der Waals surface area (Å²) in [6, 6.07) is 15.7. The number of hydrazone groups is 1. The van der Waals surface area contributed by atoms with Crippen LogP contribution >= 0.6 is 23.2 Å². The molecule has 0 radical (unpaired) electrons. The van der Waals surface area contributed by atoms with Gasteiger partial charge in [-0.05, 0) is 18.2 Å². The maximum absolute atomic E-state index is 12.0. The van der Waals surface area contributed by atoms with E-state index in [1.54, 1.807) is 18.2 Å². The third-order valence-corrected chi connectivity index (χ3v) is 5.36.